The van der Waals surface area contributed by atoms with E-state index in [-0.39, 0.29) is 5.91 Å². The largest absolute Gasteiger partial charge is 0.351 e. The van der Waals surface area contributed by atoms with Gasteiger partial charge in [0, 0.05) is 38.6 Å². The molecule has 0 saturated heterocycles. The van der Waals surface area contributed by atoms with Gasteiger partial charge in [-0.05, 0) is 23.6 Å². The van der Waals surface area contributed by atoms with Gasteiger partial charge in [0.15, 0.2) is 0 Å². The zero-order valence-corrected chi connectivity index (χ0v) is 13.3. The Morgan fingerprint density at radius 2 is 1.87 bits per heavy atom. The quantitative estimate of drug-likeness (QED) is 0.730. The summed E-state index contributed by atoms with van der Waals surface area (Å²) in [7, 11) is 0. The molecule has 0 aliphatic rings. The van der Waals surface area contributed by atoms with Crippen LogP contribution in [0.1, 0.15) is 11.1 Å². The SMILES string of the molecule is NCCN(CCc1ccccc1)CC(=O)NCc1cccnc1. The lowest BCUT2D eigenvalue weighted by Gasteiger charge is -2.21. The number of hydrogen-bond acceptors (Lipinski definition) is 4. The third kappa shape index (κ3) is 6.59. The molecule has 0 aliphatic heterocycles. The molecule has 0 radical (unpaired) electrons. The van der Waals surface area contributed by atoms with Crippen LogP contribution in [0.5, 0.6) is 0 Å². The highest BCUT2D eigenvalue weighted by atomic mass is 16.2. The van der Waals surface area contributed by atoms with Crippen molar-refractivity contribution in [2.45, 2.75) is 13.0 Å². The zero-order chi connectivity index (χ0) is 16.3. The second kappa shape index (κ2) is 9.71. The summed E-state index contributed by atoms with van der Waals surface area (Å²) in [6.07, 6.45) is 4.39. The maximum atomic E-state index is 12.1. The Balaban J connectivity index is 1.77. The van der Waals surface area contributed by atoms with Gasteiger partial charge in [-0.1, -0.05) is 36.4 Å². The number of carbonyl (C=O) groups excluding carboxylic acids is 1. The molecule has 5 heteroatoms. The Bertz CT molecular complexity index is 574. The minimum absolute atomic E-state index is 0.00960. The van der Waals surface area contributed by atoms with Crippen LogP contribution in [-0.4, -0.2) is 42.0 Å². The van der Waals surface area contributed by atoms with Crippen LogP contribution in [0.4, 0.5) is 0 Å². The molecule has 0 fully saturated rings. The summed E-state index contributed by atoms with van der Waals surface area (Å²) in [5.41, 5.74) is 7.92. The molecular weight excluding hydrogens is 288 g/mol. The van der Waals surface area contributed by atoms with Gasteiger partial charge < -0.3 is 11.1 Å². The normalized spacial score (nSPS) is 10.7. The van der Waals surface area contributed by atoms with Crippen molar-refractivity contribution in [3.05, 3.63) is 66.0 Å². The van der Waals surface area contributed by atoms with Crippen LogP contribution in [0, 0.1) is 0 Å². The number of aromatic nitrogens is 1. The fraction of sp³-hybridized carbons (Fsp3) is 0.333. The van der Waals surface area contributed by atoms with E-state index >= 15 is 0 Å². The summed E-state index contributed by atoms with van der Waals surface area (Å²) in [5, 5.41) is 2.92. The van der Waals surface area contributed by atoms with Crippen LogP contribution in [0.25, 0.3) is 0 Å². The maximum Gasteiger partial charge on any atom is 0.234 e. The molecule has 0 aliphatic carbocycles. The fourth-order valence-electron chi connectivity index (χ4n) is 2.35. The summed E-state index contributed by atoms with van der Waals surface area (Å²) in [6, 6.07) is 14.1. The highest BCUT2D eigenvalue weighted by Crippen LogP contribution is 2.01. The molecule has 0 bridgehead atoms. The van der Waals surface area contributed by atoms with E-state index in [4.69, 9.17) is 5.73 Å². The van der Waals surface area contributed by atoms with Gasteiger partial charge in [0.2, 0.25) is 5.91 Å². The lowest BCUT2D eigenvalue weighted by molar-refractivity contribution is -0.122. The Morgan fingerprint density at radius 3 is 2.57 bits per heavy atom. The number of nitrogens with one attached hydrogen (secondary N) is 1. The number of nitrogens with two attached hydrogens (primary N) is 1. The molecule has 23 heavy (non-hydrogen) atoms. The van der Waals surface area contributed by atoms with Crippen molar-refractivity contribution in [2.24, 2.45) is 5.73 Å². The highest BCUT2D eigenvalue weighted by molar-refractivity contribution is 5.78. The Morgan fingerprint density at radius 1 is 1.09 bits per heavy atom. The van der Waals surface area contributed by atoms with Crippen LogP contribution in [0.3, 0.4) is 0 Å². The molecule has 0 atom stereocenters. The van der Waals surface area contributed by atoms with E-state index in [0.29, 0.717) is 26.2 Å². The molecule has 3 N–H and O–H groups in total. The van der Waals surface area contributed by atoms with Crippen molar-refractivity contribution >= 4 is 5.91 Å². The average molecular weight is 312 g/mol. The second-order valence-corrected chi connectivity index (χ2v) is 5.44. The van der Waals surface area contributed by atoms with Crippen LogP contribution in [-0.2, 0) is 17.8 Å². The standard InChI is InChI=1S/C18H24N4O/c19-9-12-22(11-8-16-5-2-1-3-6-16)15-18(23)21-14-17-7-4-10-20-13-17/h1-7,10,13H,8-9,11-12,14-15,19H2,(H,21,23). The van der Waals surface area contributed by atoms with Crippen LogP contribution in [0.15, 0.2) is 54.9 Å². The second-order valence-electron chi connectivity index (χ2n) is 5.44. The van der Waals surface area contributed by atoms with E-state index in [0.717, 1.165) is 18.5 Å². The van der Waals surface area contributed by atoms with Crippen molar-refractivity contribution in [1.82, 2.24) is 15.2 Å². The zero-order valence-electron chi connectivity index (χ0n) is 13.3. The molecule has 5 nitrogen and oxygen atoms in total. The van der Waals surface area contributed by atoms with E-state index in [1.54, 1.807) is 12.4 Å². The molecule has 2 aromatic rings. The summed E-state index contributed by atoms with van der Waals surface area (Å²) in [6.45, 7) is 2.95. The van der Waals surface area contributed by atoms with Crippen molar-refractivity contribution < 1.29 is 4.79 Å². The number of rotatable bonds is 9. The van der Waals surface area contributed by atoms with E-state index in [1.807, 2.05) is 30.3 Å². The molecule has 1 amide bonds. The van der Waals surface area contributed by atoms with Crippen molar-refractivity contribution in [3.63, 3.8) is 0 Å². The number of benzene rings is 1. The first-order valence-electron chi connectivity index (χ1n) is 7.90. The van der Waals surface area contributed by atoms with Crippen molar-refractivity contribution in [1.29, 1.82) is 0 Å². The topological polar surface area (TPSA) is 71.2 Å². The monoisotopic (exact) mass is 312 g/mol. The number of hydrogen-bond donors (Lipinski definition) is 2. The van der Waals surface area contributed by atoms with E-state index in [9.17, 15) is 4.79 Å². The van der Waals surface area contributed by atoms with Gasteiger partial charge in [-0.2, -0.15) is 0 Å². The molecule has 1 heterocycles. The molecule has 0 unspecified atom stereocenters. The van der Waals surface area contributed by atoms with Crippen molar-refractivity contribution in [2.75, 3.05) is 26.2 Å². The van der Waals surface area contributed by atoms with Crippen LogP contribution < -0.4 is 11.1 Å². The van der Waals surface area contributed by atoms with Crippen molar-refractivity contribution in [3.8, 4) is 0 Å². The van der Waals surface area contributed by atoms with E-state index in [1.165, 1.54) is 5.56 Å². The minimum atomic E-state index is 0.00960. The number of nitrogens with zero attached hydrogens (tertiary/aromatic N) is 2. The smallest absolute Gasteiger partial charge is 0.234 e. The average Bonchev–Trinajstić information content (AvgIpc) is 2.60. The van der Waals surface area contributed by atoms with Gasteiger partial charge in [-0.3, -0.25) is 14.7 Å². The van der Waals surface area contributed by atoms with Gasteiger partial charge in [0.1, 0.15) is 0 Å². The molecule has 1 aromatic heterocycles. The third-order valence-electron chi connectivity index (χ3n) is 3.58. The molecule has 0 spiro atoms. The van der Waals surface area contributed by atoms with Gasteiger partial charge in [0.25, 0.3) is 0 Å². The first kappa shape index (κ1) is 17.1. The van der Waals surface area contributed by atoms with Gasteiger partial charge in [0.05, 0.1) is 6.54 Å². The highest BCUT2D eigenvalue weighted by Gasteiger charge is 2.10. The molecule has 2 rings (SSSR count). The Hall–Kier alpha value is -2.24. The molecular formula is C18H24N4O. The third-order valence-corrected chi connectivity index (χ3v) is 3.58. The first-order valence-corrected chi connectivity index (χ1v) is 7.90. The number of carbonyl (C=O) groups is 1. The van der Waals surface area contributed by atoms with E-state index in [2.05, 4.69) is 27.3 Å². The van der Waals surface area contributed by atoms with Gasteiger partial charge in [-0.25, -0.2) is 0 Å². The number of pyridine rings is 1. The predicted octanol–water partition coefficient (Wildman–Crippen LogP) is 1.20. The fourth-order valence-corrected chi connectivity index (χ4v) is 2.35. The first-order chi connectivity index (χ1) is 11.3. The predicted molar refractivity (Wildman–Crippen MR) is 91.7 cm³/mol. The summed E-state index contributed by atoms with van der Waals surface area (Å²) >= 11 is 0. The van der Waals surface area contributed by atoms with Crippen LogP contribution >= 0.6 is 0 Å². The summed E-state index contributed by atoms with van der Waals surface area (Å²) < 4.78 is 0. The lowest BCUT2D eigenvalue weighted by Crippen LogP contribution is -2.40. The summed E-state index contributed by atoms with van der Waals surface area (Å²) in [5.74, 6) is 0.00960. The maximum absolute atomic E-state index is 12.1. The molecule has 0 saturated carbocycles. The minimum Gasteiger partial charge on any atom is -0.351 e. The van der Waals surface area contributed by atoms with Gasteiger partial charge >= 0.3 is 0 Å². The Labute approximate surface area is 137 Å². The molecule has 122 valence electrons. The summed E-state index contributed by atoms with van der Waals surface area (Å²) in [4.78, 5) is 18.2. The van der Waals surface area contributed by atoms with Crippen LogP contribution in [0.2, 0.25) is 0 Å². The van der Waals surface area contributed by atoms with E-state index < -0.39 is 0 Å². The lowest BCUT2D eigenvalue weighted by atomic mass is 10.1. The van der Waals surface area contributed by atoms with Gasteiger partial charge in [-0.15, -0.1) is 0 Å². The molecule has 1 aromatic carbocycles. The number of amides is 1. The Kier molecular flexibility index (Phi) is 7.23.